The predicted octanol–water partition coefficient (Wildman–Crippen LogP) is 4.77. The molecular weight excluding hydrogens is 398 g/mol. The molecule has 3 aromatic rings. The summed E-state index contributed by atoms with van der Waals surface area (Å²) in [6, 6.07) is 23.0. The molecule has 3 aromatic carbocycles. The van der Waals surface area contributed by atoms with Crippen LogP contribution in [0.25, 0.3) is 10.8 Å². The predicted molar refractivity (Wildman–Crippen MR) is 130 cm³/mol. The van der Waals surface area contributed by atoms with Crippen LogP contribution in [0.4, 0.5) is 0 Å². The maximum atomic E-state index is 10.6. The highest BCUT2D eigenvalue weighted by atomic mass is 16.5. The van der Waals surface area contributed by atoms with Gasteiger partial charge in [-0.1, -0.05) is 66.7 Å². The van der Waals surface area contributed by atoms with Crippen molar-refractivity contribution >= 4 is 10.8 Å². The summed E-state index contributed by atoms with van der Waals surface area (Å²) in [5, 5.41) is 26.1. The van der Waals surface area contributed by atoms with Crippen LogP contribution in [-0.4, -0.2) is 35.0 Å². The minimum atomic E-state index is -0.576. The average molecular weight is 434 g/mol. The molecule has 170 valence electrons. The zero-order valence-electron chi connectivity index (χ0n) is 19.1. The van der Waals surface area contributed by atoms with Gasteiger partial charge in [0.2, 0.25) is 0 Å². The third-order valence-corrected chi connectivity index (χ3v) is 6.26. The van der Waals surface area contributed by atoms with Gasteiger partial charge in [0.1, 0.15) is 0 Å². The fourth-order valence-electron chi connectivity index (χ4n) is 4.36. The molecule has 3 N–H and O–H groups in total. The SMILES string of the molecule is CC(C)(Cc1ccc2ccccc2c1)NCC(O)COC(c1cccc(CO)c1)C1CC1. The molecular formula is C28H35NO3. The molecule has 1 fully saturated rings. The van der Waals surface area contributed by atoms with Crippen LogP contribution in [0.1, 0.15) is 49.5 Å². The van der Waals surface area contributed by atoms with E-state index in [0.29, 0.717) is 19.1 Å². The Hall–Kier alpha value is -2.24. The highest BCUT2D eigenvalue weighted by Gasteiger charge is 2.33. The number of hydrogen-bond donors (Lipinski definition) is 3. The Balaban J connectivity index is 1.29. The molecule has 0 saturated heterocycles. The van der Waals surface area contributed by atoms with Crippen LogP contribution < -0.4 is 5.32 Å². The lowest BCUT2D eigenvalue weighted by Gasteiger charge is -2.29. The Bertz CT molecular complexity index is 1030. The molecule has 0 radical (unpaired) electrons. The number of ether oxygens (including phenoxy) is 1. The first-order valence-electron chi connectivity index (χ1n) is 11.7. The zero-order chi connectivity index (χ0) is 22.6. The molecule has 2 unspecified atom stereocenters. The smallest absolute Gasteiger partial charge is 0.0898 e. The van der Waals surface area contributed by atoms with Gasteiger partial charge in [-0.15, -0.1) is 0 Å². The van der Waals surface area contributed by atoms with Crippen LogP contribution in [0.5, 0.6) is 0 Å². The van der Waals surface area contributed by atoms with Crippen LogP contribution in [0, 0.1) is 5.92 Å². The van der Waals surface area contributed by atoms with Gasteiger partial charge < -0.3 is 20.3 Å². The third-order valence-electron chi connectivity index (χ3n) is 6.26. The number of aliphatic hydroxyl groups is 2. The second kappa shape index (κ2) is 10.1. The van der Waals surface area contributed by atoms with Crippen molar-refractivity contribution in [3.63, 3.8) is 0 Å². The van der Waals surface area contributed by atoms with Crippen molar-refractivity contribution in [3.05, 3.63) is 83.4 Å². The van der Waals surface area contributed by atoms with Crippen LogP contribution in [0.3, 0.4) is 0 Å². The first-order chi connectivity index (χ1) is 15.4. The first kappa shape index (κ1) is 22.9. The molecule has 32 heavy (non-hydrogen) atoms. The summed E-state index contributed by atoms with van der Waals surface area (Å²) < 4.78 is 6.17. The normalized spacial score (nSPS) is 16.2. The Morgan fingerprint density at radius 1 is 0.969 bits per heavy atom. The van der Waals surface area contributed by atoms with Gasteiger partial charge in [0.05, 0.1) is 25.4 Å². The van der Waals surface area contributed by atoms with E-state index in [4.69, 9.17) is 4.74 Å². The Kier molecular flexibility index (Phi) is 7.27. The summed E-state index contributed by atoms with van der Waals surface area (Å²) in [6.07, 6.45) is 2.60. The maximum absolute atomic E-state index is 10.6. The van der Waals surface area contributed by atoms with E-state index < -0.39 is 6.10 Å². The van der Waals surface area contributed by atoms with E-state index in [2.05, 4.69) is 67.7 Å². The van der Waals surface area contributed by atoms with Crippen molar-refractivity contribution in [2.24, 2.45) is 5.92 Å². The van der Waals surface area contributed by atoms with Gasteiger partial charge in [-0.05, 0) is 66.5 Å². The number of aliphatic hydroxyl groups excluding tert-OH is 2. The van der Waals surface area contributed by atoms with Crippen molar-refractivity contribution in [3.8, 4) is 0 Å². The molecule has 1 saturated carbocycles. The van der Waals surface area contributed by atoms with E-state index in [9.17, 15) is 10.2 Å². The standard InChI is InChI=1S/C28H35NO3/c1-28(2,16-20-10-11-22-7-3-4-8-24(22)14-20)29-17-26(31)19-32-27(23-12-13-23)25-9-5-6-21(15-25)18-30/h3-11,14-15,23,26-27,29-31H,12-13,16-19H2,1-2H3. The molecule has 1 aliphatic rings. The van der Waals surface area contributed by atoms with Gasteiger partial charge in [-0.25, -0.2) is 0 Å². The molecule has 0 amide bonds. The highest BCUT2D eigenvalue weighted by molar-refractivity contribution is 5.83. The van der Waals surface area contributed by atoms with Gasteiger partial charge in [0.25, 0.3) is 0 Å². The van der Waals surface area contributed by atoms with Gasteiger partial charge in [-0.2, -0.15) is 0 Å². The van der Waals surface area contributed by atoms with Crippen LogP contribution >= 0.6 is 0 Å². The van der Waals surface area contributed by atoms with Gasteiger partial charge in [0, 0.05) is 12.1 Å². The summed E-state index contributed by atoms with van der Waals surface area (Å²) >= 11 is 0. The summed E-state index contributed by atoms with van der Waals surface area (Å²) in [5.41, 5.74) is 3.13. The van der Waals surface area contributed by atoms with E-state index >= 15 is 0 Å². The van der Waals surface area contributed by atoms with Crippen molar-refractivity contribution in [2.45, 2.75) is 57.5 Å². The summed E-state index contributed by atoms with van der Waals surface area (Å²) in [5.74, 6) is 0.508. The lowest BCUT2D eigenvalue weighted by Crippen LogP contribution is -2.46. The van der Waals surface area contributed by atoms with E-state index in [0.717, 1.165) is 30.4 Å². The summed E-state index contributed by atoms with van der Waals surface area (Å²) in [4.78, 5) is 0. The fraction of sp³-hybridized carbons (Fsp3) is 0.429. The number of nitrogens with one attached hydrogen (secondary N) is 1. The molecule has 4 rings (SSSR count). The van der Waals surface area contributed by atoms with Crippen LogP contribution in [0.15, 0.2) is 66.7 Å². The molecule has 0 bridgehead atoms. The molecule has 4 heteroatoms. The van der Waals surface area contributed by atoms with Crippen LogP contribution in [-0.2, 0) is 17.8 Å². The van der Waals surface area contributed by atoms with Crippen LogP contribution in [0.2, 0.25) is 0 Å². The lowest BCUT2D eigenvalue weighted by atomic mass is 9.93. The molecule has 0 aromatic heterocycles. The first-order valence-corrected chi connectivity index (χ1v) is 11.7. The van der Waals surface area contributed by atoms with Crippen molar-refractivity contribution in [1.82, 2.24) is 5.32 Å². The number of rotatable bonds is 11. The number of fused-ring (bicyclic) bond motifs is 1. The summed E-state index contributed by atoms with van der Waals surface area (Å²) in [6.45, 7) is 5.15. The average Bonchev–Trinajstić information content (AvgIpc) is 3.63. The van der Waals surface area contributed by atoms with Gasteiger partial charge in [0.15, 0.2) is 0 Å². The van der Waals surface area contributed by atoms with Crippen molar-refractivity contribution in [2.75, 3.05) is 13.2 Å². The fourth-order valence-corrected chi connectivity index (χ4v) is 4.36. The Morgan fingerprint density at radius 3 is 2.50 bits per heavy atom. The largest absolute Gasteiger partial charge is 0.392 e. The number of hydrogen-bond acceptors (Lipinski definition) is 4. The Morgan fingerprint density at radius 2 is 1.75 bits per heavy atom. The molecule has 0 spiro atoms. The van der Waals surface area contributed by atoms with E-state index in [1.807, 2.05) is 18.2 Å². The molecule has 0 heterocycles. The second-order valence-electron chi connectivity index (χ2n) is 9.77. The maximum Gasteiger partial charge on any atom is 0.0898 e. The van der Waals surface area contributed by atoms with Gasteiger partial charge in [-0.3, -0.25) is 0 Å². The zero-order valence-corrected chi connectivity index (χ0v) is 19.1. The molecule has 2 atom stereocenters. The molecule has 0 aliphatic heterocycles. The Labute approximate surface area is 191 Å². The highest BCUT2D eigenvalue weighted by Crippen LogP contribution is 2.43. The minimum Gasteiger partial charge on any atom is -0.392 e. The van der Waals surface area contributed by atoms with E-state index in [-0.39, 0.29) is 18.2 Å². The third kappa shape index (κ3) is 6.17. The molecule has 1 aliphatic carbocycles. The van der Waals surface area contributed by atoms with Crippen molar-refractivity contribution < 1.29 is 14.9 Å². The van der Waals surface area contributed by atoms with Crippen molar-refractivity contribution in [1.29, 1.82) is 0 Å². The molecule has 4 nitrogen and oxygen atoms in total. The second-order valence-corrected chi connectivity index (χ2v) is 9.77. The van der Waals surface area contributed by atoms with E-state index in [1.165, 1.54) is 16.3 Å². The van der Waals surface area contributed by atoms with E-state index in [1.54, 1.807) is 0 Å². The minimum absolute atomic E-state index is 0.0123. The topological polar surface area (TPSA) is 61.7 Å². The summed E-state index contributed by atoms with van der Waals surface area (Å²) in [7, 11) is 0. The monoisotopic (exact) mass is 433 g/mol. The lowest BCUT2D eigenvalue weighted by molar-refractivity contribution is -0.0212. The number of benzene rings is 3. The number of β-amino-alcohol motifs (C(OH)–C–C–N with tert-alkyl or cyclic N) is 1. The quantitative estimate of drug-likeness (QED) is 0.408. The van der Waals surface area contributed by atoms with Gasteiger partial charge >= 0.3 is 0 Å².